The standard InChI is InChI=1S/C13H16N4O3S/c1-9-15-6-5-10(17-9)8-16-12-7-11(21(14,18)19)3-4-13(12)20-2/h3-7,16H,8H2,1-2H3,(H2,14,18,19). The SMILES string of the molecule is COc1ccc(S(N)(=O)=O)cc1NCc1ccnc(C)n1. The summed E-state index contributed by atoms with van der Waals surface area (Å²) in [5.41, 5.74) is 1.31. The summed E-state index contributed by atoms with van der Waals surface area (Å²) in [6.07, 6.45) is 1.66. The maximum atomic E-state index is 11.4. The number of aromatic nitrogens is 2. The van der Waals surface area contributed by atoms with Crippen molar-refractivity contribution < 1.29 is 13.2 Å². The molecule has 0 aliphatic rings. The van der Waals surface area contributed by atoms with Crippen molar-refractivity contribution in [3.63, 3.8) is 0 Å². The van der Waals surface area contributed by atoms with Crippen molar-refractivity contribution in [3.05, 3.63) is 42.0 Å². The van der Waals surface area contributed by atoms with Crippen molar-refractivity contribution in [1.82, 2.24) is 9.97 Å². The van der Waals surface area contributed by atoms with E-state index in [0.717, 1.165) is 5.69 Å². The summed E-state index contributed by atoms with van der Waals surface area (Å²) in [6, 6.07) is 6.15. The number of rotatable bonds is 5. The number of methoxy groups -OCH3 is 1. The monoisotopic (exact) mass is 308 g/mol. The molecule has 2 aromatic rings. The Kier molecular flexibility index (Phi) is 4.39. The number of hydrogen-bond acceptors (Lipinski definition) is 6. The fourth-order valence-corrected chi connectivity index (χ4v) is 2.33. The van der Waals surface area contributed by atoms with Gasteiger partial charge in [0, 0.05) is 6.20 Å². The first-order chi connectivity index (χ1) is 9.90. The summed E-state index contributed by atoms with van der Waals surface area (Å²) in [5, 5.41) is 8.21. The fourth-order valence-electron chi connectivity index (χ4n) is 1.79. The van der Waals surface area contributed by atoms with Gasteiger partial charge in [0.05, 0.1) is 29.9 Å². The van der Waals surface area contributed by atoms with Gasteiger partial charge < -0.3 is 10.1 Å². The third kappa shape index (κ3) is 3.89. The normalized spacial score (nSPS) is 11.2. The van der Waals surface area contributed by atoms with Gasteiger partial charge in [-0.15, -0.1) is 0 Å². The molecule has 7 nitrogen and oxygen atoms in total. The van der Waals surface area contributed by atoms with E-state index in [1.807, 2.05) is 0 Å². The van der Waals surface area contributed by atoms with Crippen molar-refractivity contribution >= 4 is 15.7 Å². The minimum absolute atomic E-state index is 0.0182. The number of nitrogens with one attached hydrogen (secondary N) is 1. The van der Waals surface area contributed by atoms with Gasteiger partial charge >= 0.3 is 0 Å². The van der Waals surface area contributed by atoms with Crippen LogP contribution in [-0.2, 0) is 16.6 Å². The second-order valence-corrected chi connectivity index (χ2v) is 5.92. The Morgan fingerprint density at radius 3 is 2.71 bits per heavy atom. The third-order valence-corrected chi connectivity index (χ3v) is 3.70. The zero-order chi connectivity index (χ0) is 15.5. The molecule has 2 rings (SSSR count). The predicted molar refractivity (Wildman–Crippen MR) is 78.5 cm³/mol. The summed E-state index contributed by atoms with van der Waals surface area (Å²) < 4.78 is 28.0. The van der Waals surface area contributed by atoms with Crippen molar-refractivity contribution in [3.8, 4) is 5.75 Å². The fraction of sp³-hybridized carbons (Fsp3) is 0.231. The summed E-state index contributed by atoms with van der Waals surface area (Å²) >= 11 is 0. The number of nitrogens with two attached hydrogens (primary N) is 1. The molecule has 0 bridgehead atoms. The first kappa shape index (κ1) is 15.2. The molecule has 0 amide bonds. The molecule has 0 spiro atoms. The molecule has 0 atom stereocenters. The second-order valence-electron chi connectivity index (χ2n) is 4.36. The van der Waals surface area contributed by atoms with Crippen LogP contribution in [0.2, 0.25) is 0 Å². The van der Waals surface area contributed by atoms with Crippen LogP contribution in [0.15, 0.2) is 35.4 Å². The predicted octanol–water partition coefficient (Wildman–Crippen LogP) is 1.05. The minimum Gasteiger partial charge on any atom is -0.495 e. The molecule has 1 aromatic carbocycles. The van der Waals surface area contributed by atoms with Crippen molar-refractivity contribution in [1.29, 1.82) is 0 Å². The molecule has 0 saturated carbocycles. The van der Waals surface area contributed by atoms with Gasteiger partial charge in [-0.05, 0) is 31.2 Å². The summed E-state index contributed by atoms with van der Waals surface area (Å²) in [7, 11) is -2.26. The quantitative estimate of drug-likeness (QED) is 0.855. The minimum atomic E-state index is -3.76. The largest absolute Gasteiger partial charge is 0.495 e. The number of ether oxygens (including phenoxy) is 1. The summed E-state index contributed by atoms with van der Waals surface area (Å²) in [6.45, 7) is 2.21. The Labute approximate surface area is 123 Å². The molecule has 0 fully saturated rings. The maximum absolute atomic E-state index is 11.4. The van der Waals surface area contributed by atoms with Crippen LogP contribution in [0.5, 0.6) is 5.75 Å². The smallest absolute Gasteiger partial charge is 0.238 e. The highest BCUT2D eigenvalue weighted by molar-refractivity contribution is 7.89. The Morgan fingerprint density at radius 2 is 2.10 bits per heavy atom. The van der Waals surface area contributed by atoms with Crippen LogP contribution >= 0.6 is 0 Å². The number of hydrogen-bond donors (Lipinski definition) is 2. The molecule has 0 aliphatic carbocycles. The molecule has 0 saturated heterocycles. The highest BCUT2D eigenvalue weighted by Gasteiger charge is 2.12. The lowest BCUT2D eigenvalue weighted by molar-refractivity contribution is 0.416. The molecule has 3 N–H and O–H groups in total. The van der Waals surface area contributed by atoms with E-state index < -0.39 is 10.0 Å². The average Bonchev–Trinajstić information content (AvgIpc) is 2.44. The highest BCUT2D eigenvalue weighted by Crippen LogP contribution is 2.27. The molecule has 112 valence electrons. The Balaban J connectivity index is 2.25. The van der Waals surface area contributed by atoms with E-state index in [2.05, 4.69) is 15.3 Å². The third-order valence-electron chi connectivity index (χ3n) is 2.79. The van der Waals surface area contributed by atoms with Gasteiger partial charge in [0.1, 0.15) is 11.6 Å². The van der Waals surface area contributed by atoms with Gasteiger partial charge in [-0.25, -0.2) is 23.5 Å². The van der Waals surface area contributed by atoms with Crippen molar-refractivity contribution in [2.45, 2.75) is 18.4 Å². The number of anilines is 1. The number of nitrogens with zero attached hydrogens (tertiary/aromatic N) is 2. The van der Waals surface area contributed by atoms with Gasteiger partial charge in [-0.2, -0.15) is 0 Å². The zero-order valence-electron chi connectivity index (χ0n) is 11.7. The lowest BCUT2D eigenvalue weighted by Crippen LogP contribution is -2.13. The van der Waals surface area contributed by atoms with E-state index in [4.69, 9.17) is 9.88 Å². The van der Waals surface area contributed by atoms with E-state index in [1.165, 1.54) is 19.2 Å². The molecule has 8 heteroatoms. The van der Waals surface area contributed by atoms with Gasteiger partial charge in [0.2, 0.25) is 10.0 Å². The lowest BCUT2D eigenvalue weighted by atomic mass is 10.2. The number of aryl methyl sites for hydroxylation is 1. The topological polar surface area (TPSA) is 107 Å². The Hall–Kier alpha value is -2.19. The van der Waals surface area contributed by atoms with Crippen LogP contribution in [0, 0.1) is 6.92 Å². The van der Waals surface area contributed by atoms with Crippen LogP contribution in [0.3, 0.4) is 0 Å². The van der Waals surface area contributed by atoms with Gasteiger partial charge in [0.25, 0.3) is 0 Å². The molecule has 0 unspecified atom stereocenters. The van der Waals surface area contributed by atoms with E-state index in [0.29, 0.717) is 23.8 Å². The van der Waals surface area contributed by atoms with Crippen LogP contribution in [0.4, 0.5) is 5.69 Å². The molecule has 21 heavy (non-hydrogen) atoms. The van der Waals surface area contributed by atoms with E-state index in [9.17, 15) is 8.42 Å². The van der Waals surface area contributed by atoms with E-state index >= 15 is 0 Å². The number of benzene rings is 1. The number of sulfonamides is 1. The highest BCUT2D eigenvalue weighted by atomic mass is 32.2. The van der Waals surface area contributed by atoms with Crippen molar-refractivity contribution in [2.24, 2.45) is 5.14 Å². The Morgan fingerprint density at radius 1 is 1.33 bits per heavy atom. The van der Waals surface area contributed by atoms with Crippen LogP contribution in [-0.4, -0.2) is 25.5 Å². The van der Waals surface area contributed by atoms with E-state index in [-0.39, 0.29) is 4.90 Å². The van der Waals surface area contributed by atoms with Crippen LogP contribution in [0.25, 0.3) is 0 Å². The van der Waals surface area contributed by atoms with Crippen molar-refractivity contribution in [2.75, 3.05) is 12.4 Å². The molecule has 1 heterocycles. The molecular formula is C13H16N4O3S. The summed E-state index contributed by atoms with van der Waals surface area (Å²) in [5.74, 6) is 1.19. The first-order valence-corrected chi connectivity index (χ1v) is 7.68. The zero-order valence-corrected chi connectivity index (χ0v) is 12.5. The lowest BCUT2D eigenvalue weighted by Gasteiger charge is -2.12. The summed E-state index contributed by atoms with van der Waals surface area (Å²) in [4.78, 5) is 8.29. The second kappa shape index (κ2) is 6.06. The molecular weight excluding hydrogens is 292 g/mol. The first-order valence-electron chi connectivity index (χ1n) is 6.13. The van der Waals surface area contributed by atoms with Gasteiger partial charge in [-0.1, -0.05) is 0 Å². The number of primary sulfonamides is 1. The van der Waals surface area contributed by atoms with Gasteiger partial charge in [0.15, 0.2) is 0 Å². The van der Waals surface area contributed by atoms with Crippen LogP contribution in [0.1, 0.15) is 11.5 Å². The van der Waals surface area contributed by atoms with Crippen LogP contribution < -0.4 is 15.2 Å². The molecule has 0 radical (unpaired) electrons. The Bertz CT molecular complexity index is 747. The van der Waals surface area contributed by atoms with E-state index in [1.54, 1.807) is 25.3 Å². The molecule has 1 aromatic heterocycles. The average molecular weight is 308 g/mol. The maximum Gasteiger partial charge on any atom is 0.238 e. The molecule has 0 aliphatic heterocycles. The van der Waals surface area contributed by atoms with Gasteiger partial charge in [-0.3, -0.25) is 0 Å².